The van der Waals surface area contributed by atoms with Gasteiger partial charge in [0.2, 0.25) is 0 Å². The van der Waals surface area contributed by atoms with Gasteiger partial charge in [0, 0.05) is 18.0 Å². The van der Waals surface area contributed by atoms with Crippen molar-refractivity contribution in [3.8, 4) is 0 Å². The van der Waals surface area contributed by atoms with E-state index in [9.17, 15) is 9.18 Å². The zero-order chi connectivity index (χ0) is 17.1. The Bertz CT molecular complexity index is 857. The molecule has 0 spiro atoms. The Labute approximate surface area is 139 Å². The average molecular weight is 324 g/mol. The van der Waals surface area contributed by atoms with Crippen LogP contribution in [0.5, 0.6) is 0 Å². The number of aryl methyl sites for hydroxylation is 1. The average Bonchev–Trinajstić information content (AvgIpc) is 2.85. The van der Waals surface area contributed by atoms with Gasteiger partial charge in [0.25, 0.3) is 5.91 Å². The fourth-order valence-corrected chi connectivity index (χ4v) is 2.48. The lowest BCUT2D eigenvalue weighted by atomic mass is 10.2. The van der Waals surface area contributed by atoms with E-state index < -0.39 is 0 Å². The molecule has 1 N–H and O–H groups in total. The van der Waals surface area contributed by atoms with Gasteiger partial charge in [-0.3, -0.25) is 14.5 Å². The van der Waals surface area contributed by atoms with Crippen molar-refractivity contribution in [2.45, 2.75) is 20.4 Å². The standard InChI is InChI=1S/C18H17FN4O/c1-12-17(21-18(24)15-7-9-20-10-8-15)13(2)23(22-12)11-14-3-5-16(19)6-4-14/h3-10H,11H2,1-2H3,(H,21,24). The number of halogens is 1. The highest BCUT2D eigenvalue weighted by molar-refractivity contribution is 6.04. The molecule has 0 aliphatic heterocycles. The minimum Gasteiger partial charge on any atom is -0.319 e. The summed E-state index contributed by atoms with van der Waals surface area (Å²) in [4.78, 5) is 16.2. The van der Waals surface area contributed by atoms with E-state index in [2.05, 4.69) is 15.4 Å². The second-order valence-corrected chi connectivity index (χ2v) is 5.52. The molecule has 0 radical (unpaired) electrons. The van der Waals surface area contributed by atoms with E-state index in [4.69, 9.17) is 0 Å². The third-order valence-corrected chi connectivity index (χ3v) is 3.81. The van der Waals surface area contributed by atoms with Crippen LogP contribution in [0.25, 0.3) is 0 Å². The van der Waals surface area contributed by atoms with E-state index in [0.717, 1.165) is 17.0 Å². The fraction of sp³-hybridized carbons (Fsp3) is 0.167. The number of carbonyl (C=O) groups is 1. The number of hydrogen-bond acceptors (Lipinski definition) is 3. The number of rotatable bonds is 4. The molecule has 122 valence electrons. The van der Waals surface area contributed by atoms with Crippen molar-refractivity contribution in [1.82, 2.24) is 14.8 Å². The molecule has 2 aromatic heterocycles. The summed E-state index contributed by atoms with van der Waals surface area (Å²) in [5.41, 5.74) is 3.75. The minimum absolute atomic E-state index is 0.204. The van der Waals surface area contributed by atoms with E-state index in [1.165, 1.54) is 12.1 Å². The van der Waals surface area contributed by atoms with E-state index in [1.54, 1.807) is 41.3 Å². The zero-order valence-corrected chi connectivity index (χ0v) is 13.5. The number of carbonyl (C=O) groups excluding carboxylic acids is 1. The number of pyridine rings is 1. The van der Waals surface area contributed by atoms with Crippen molar-refractivity contribution < 1.29 is 9.18 Å². The van der Waals surface area contributed by atoms with Crippen LogP contribution in [-0.4, -0.2) is 20.7 Å². The first-order valence-corrected chi connectivity index (χ1v) is 7.54. The second-order valence-electron chi connectivity index (χ2n) is 5.52. The maximum Gasteiger partial charge on any atom is 0.255 e. The van der Waals surface area contributed by atoms with Gasteiger partial charge in [-0.1, -0.05) is 12.1 Å². The van der Waals surface area contributed by atoms with Crippen LogP contribution in [-0.2, 0) is 6.54 Å². The molecule has 1 amide bonds. The molecule has 0 fully saturated rings. The topological polar surface area (TPSA) is 59.8 Å². The second kappa shape index (κ2) is 6.62. The Hall–Kier alpha value is -3.02. The van der Waals surface area contributed by atoms with Gasteiger partial charge in [0.1, 0.15) is 5.82 Å². The maximum atomic E-state index is 13.0. The Balaban J connectivity index is 1.81. The predicted molar refractivity (Wildman–Crippen MR) is 89.4 cm³/mol. The molecule has 0 aliphatic rings. The third-order valence-electron chi connectivity index (χ3n) is 3.81. The van der Waals surface area contributed by atoms with Crippen molar-refractivity contribution in [3.63, 3.8) is 0 Å². The van der Waals surface area contributed by atoms with E-state index >= 15 is 0 Å². The summed E-state index contributed by atoms with van der Waals surface area (Å²) in [7, 11) is 0. The molecule has 5 nitrogen and oxygen atoms in total. The molecular weight excluding hydrogens is 307 g/mol. The molecule has 0 bridgehead atoms. The maximum absolute atomic E-state index is 13.0. The summed E-state index contributed by atoms with van der Waals surface area (Å²) in [6.45, 7) is 4.25. The number of nitrogens with one attached hydrogen (secondary N) is 1. The van der Waals surface area contributed by atoms with Crippen molar-refractivity contribution in [2.75, 3.05) is 5.32 Å². The van der Waals surface area contributed by atoms with Crippen LogP contribution < -0.4 is 5.32 Å². The van der Waals surface area contributed by atoms with Crippen molar-refractivity contribution in [1.29, 1.82) is 0 Å². The van der Waals surface area contributed by atoms with Crippen LogP contribution in [0.2, 0.25) is 0 Å². The molecule has 3 rings (SSSR count). The largest absolute Gasteiger partial charge is 0.319 e. The molecule has 6 heteroatoms. The highest BCUT2D eigenvalue weighted by Crippen LogP contribution is 2.21. The van der Waals surface area contributed by atoms with Gasteiger partial charge in [-0.2, -0.15) is 5.10 Å². The molecule has 24 heavy (non-hydrogen) atoms. The Morgan fingerprint density at radius 2 is 1.79 bits per heavy atom. The van der Waals surface area contributed by atoms with E-state index in [-0.39, 0.29) is 11.7 Å². The van der Waals surface area contributed by atoms with E-state index in [0.29, 0.717) is 17.8 Å². The quantitative estimate of drug-likeness (QED) is 0.801. The van der Waals surface area contributed by atoms with Gasteiger partial charge in [-0.25, -0.2) is 4.39 Å². The lowest BCUT2D eigenvalue weighted by Crippen LogP contribution is -2.13. The van der Waals surface area contributed by atoms with Crippen molar-refractivity contribution in [3.05, 3.63) is 77.1 Å². The van der Waals surface area contributed by atoms with E-state index in [1.807, 2.05) is 13.8 Å². The Morgan fingerprint density at radius 1 is 1.12 bits per heavy atom. The number of aromatic nitrogens is 3. The summed E-state index contributed by atoms with van der Waals surface area (Å²) >= 11 is 0. The normalized spacial score (nSPS) is 10.6. The van der Waals surface area contributed by atoms with Crippen molar-refractivity contribution >= 4 is 11.6 Å². The van der Waals surface area contributed by atoms with Gasteiger partial charge in [0.15, 0.2) is 0 Å². The van der Waals surface area contributed by atoms with Crippen LogP contribution in [0.3, 0.4) is 0 Å². The van der Waals surface area contributed by atoms with Gasteiger partial charge in [-0.05, 0) is 43.7 Å². The van der Waals surface area contributed by atoms with Crippen LogP contribution in [0, 0.1) is 19.7 Å². The number of benzene rings is 1. The molecule has 0 aliphatic carbocycles. The summed E-state index contributed by atoms with van der Waals surface area (Å²) in [5, 5.41) is 7.37. The number of anilines is 1. The number of amides is 1. The first kappa shape index (κ1) is 15.9. The molecule has 0 saturated carbocycles. The monoisotopic (exact) mass is 324 g/mol. The van der Waals surface area contributed by atoms with Crippen LogP contribution in [0.1, 0.15) is 27.3 Å². The fourth-order valence-electron chi connectivity index (χ4n) is 2.48. The third kappa shape index (κ3) is 3.32. The highest BCUT2D eigenvalue weighted by atomic mass is 19.1. The Kier molecular flexibility index (Phi) is 4.37. The van der Waals surface area contributed by atoms with Gasteiger partial charge < -0.3 is 5.32 Å². The first-order chi connectivity index (χ1) is 11.5. The SMILES string of the molecule is Cc1nn(Cc2ccc(F)cc2)c(C)c1NC(=O)c1ccncc1. The molecule has 3 aromatic rings. The molecule has 0 unspecified atom stereocenters. The number of nitrogens with zero attached hydrogens (tertiary/aromatic N) is 3. The van der Waals surface area contributed by atoms with Gasteiger partial charge >= 0.3 is 0 Å². The smallest absolute Gasteiger partial charge is 0.255 e. The molecular formula is C18H17FN4O. The summed E-state index contributed by atoms with van der Waals surface area (Å²) < 4.78 is 14.8. The predicted octanol–water partition coefficient (Wildman–Crippen LogP) is 3.33. The van der Waals surface area contributed by atoms with Crippen molar-refractivity contribution in [2.24, 2.45) is 0 Å². The lowest BCUT2D eigenvalue weighted by molar-refractivity contribution is 0.102. The van der Waals surface area contributed by atoms with Gasteiger partial charge in [0.05, 0.1) is 23.6 Å². The molecule has 1 aromatic carbocycles. The van der Waals surface area contributed by atoms with Crippen LogP contribution >= 0.6 is 0 Å². The summed E-state index contributed by atoms with van der Waals surface area (Å²) in [6, 6.07) is 9.61. The van der Waals surface area contributed by atoms with Crippen LogP contribution in [0.15, 0.2) is 48.8 Å². The lowest BCUT2D eigenvalue weighted by Gasteiger charge is -2.07. The van der Waals surface area contributed by atoms with Crippen LogP contribution in [0.4, 0.5) is 10.1 Å². The Morgan fingerprint density at radius 3 is 2.46 bits per heavy atom. The summed E-state index contributed by atoms with van der Waals surface area (Å²) in [6.07, 6.45) is 3.15. The zero-order valence-electron chi connectivity index (χ0n) is 13.5. The molecule has 0 atom stereocenters. The molecule has 2 heterocycles. The molecule has 0 saturated heterocycles. The summed E-state index contributed by atoms with van der Waals surface area (Å²) in [5.74, 6) is -0.470. The van der Waals surface area contributed by atoms with Gasteiger partial charge in [-0.15, -0.1) is 0 Å². The highest BCUT2D eigenvalue weighted by Gasteiger charge is 2.15. The first-order valence-electron chi connectivity index (χ1n) is 7.54. The number of hydrogen-bond donors (Lipinski definition) is 1. The minimum atomic E-state index is -0.266.